The van der Waals surface area contributed by atoms with Gasteiger partial charge in [0.25, 0.3) is 0 Å². The molecule has 0 saturated carbocycles. The summed E-state index contributed by atoms with van der Waals surface area (Å²) in [7, 11) is 0. The largest absolute Gasteiger partial charge is 0.519 e. The summed E-state index contributed by atoms with van der Waals surface area (Å²) in [5, 5.41) is 0. The minimum absolute atomic E-state index is 0.0626. The van der Waals surface area contributed by atoms with E-state index in [4.69, 9.17) is 0 Å². The van der Waals surface area contributed by atoms with Gasteiger partial charge in [-0.25, -0.2) is 4.79 Å². The molecule has 0 aliphatic rings. The van der Waals surface area contributed by atoms with Crippen LogP contribution in [0.3, 0.4) is 0 Å². The van der Waals surface area contributed by atoms with Gasteiger partial charge in [-0.15, -0.1) is 0 Å². The Morgan fingerprint density at radius 2 is 1.87 bits per heavy atom. The maximum Gasteiger partial charge on any atom is 0.519 e. The molecule has 0 radical (unpaired) electrons. The van der Waals surface area contributed by atoms with Crippen LogP contribution in [0.15, 0.2) is 13.6 Å². The Morgan fingerprint density at radius 1 is 1.33 bits per heavy atom. The molecule has 0 saturated heterocycles. The van der Waals surface area contributed by atoms with E-state index >= 15 is 0 Å². The van der Waals surface area contributed by atoms with E-state index in [1.165, 1.54) is 13.3 Å². The van der Waals surface area contributed by atoms with E-state index in [2.05, 4.69) is 27.4 Å². The van der Waals surface area contributed by atoms with E-state index < -0.39 is 11.8 Å². The zero-order valence-electron chi connectivity index (χ0n) is 9.46. The zero-order valence-corrected chi connectivity index (χ0v) is 9.46. The zero-order chi connectivity index (χ0) is 11.8. The Bertz CT molecular complexity index is 347. The Balaban J connectivity index is 0.000000583. The van der Waals surface area contributed by atoms with Crippen LogP contribution in [0.2, 0.25) is 0 Å². The molecular weight excluding hydrogens is 200 g/mol. The van der Waals surface area contributed by atoms with Crippen LogP contribution in [0.25, 0.3) is 0 Å². The van der Waals surface area contributed by atoms with Crippen molar-refractivity contribution in [3.63, 3.8) is 0 Å². The Morgan fingerprint density at radius 3 is 2.20 bits per heavy atom. The number of aryl methyl sites for hydroxylation is 1. The molecule has 1 aromatic heterocycles. The Labute approximate surface area is 88.0 Å². The van der Waals surface area contributed by atoms with Gasteiger partial charge in [0, 0.05) is 6.92 Å². The lowest BCUT2D eigenvalue weighted by molar-refractivity contribution is -0.142. The van der Waals surface area contributed by atoms with Crippen LogP contribution < -0.4 is 5.82 Å². The normalized spacial score (nSPS) is 9.07. The third-order valence-electron chi connectivity index (χ3n) is 1.24. The molecule has 0 aliphatic heterocycles. The van der Waals surface area contributed by atoms with E-state index in [-0.39, 0.29) is 12.4 Å². The van der Waals surface area contributed by atoms with Gasteiger partial charge in [0.2, 0.25) is 0 Å². The summed E-state index contributed by atoms with van der Waals surface area (Å²) in [4.78, 5) is 20.8. The molecule has 0 aliphatic carbocycles. The fourth-order valence-corrected chi connectivity index (χ4v) is 0.673. The summed E-state index contributed by atoms with van der Waals surface area (Å²) in [5.74, 6) is -0.635. The lowest BCUT2D eigenvalue weighted by atomic mass is 10.4. The first-order chi connectivity index (χ1) is 7.01. The summed E-state index contributed by atoms with van der Waals surface area (Å²) in [6.07, 6.45) is 1.25. The van der Waals surface area contributed by atoms with Gasteiger partial charge >= 0.3 is 11.8 Å². The summed E-state index contributed by atoms with van der Waals surface area (Å²) in [6.45, 7) is 7.02. The van der Waals surface area contributed by atoms with Gasteiger partial charge < -0.3 is 13.6 Å². The van der Waals surface area contributed by atoms with Crippen molar-refractivity contribution in [2.45, 2.75) is 40.7 Å². The van der Waals surface area contributed by atoms with Gasteiger partial charge in [-0.1, -0.05) is 20.3 Å². The predicted molar refractivity (Wildman–Crippen MR) is 53.4 cm³/mol. The number of carbonyl (C=O) groups excluding carboxylic acids is 1. The van der Waals surface area contributed by atoms with Crippen LogP contribution in [-0.4, -0.2) is 5.97 Å². The maximum atomic E-state index is 10.5. The van der Waals surface area contributed by atoms with E-state index in [1.54, 1.807) is 6.92 Å². The number of rotatable bonds is 2. The molecule has 0 fully saturated rings. The Hall–Kier alpha value is -1.52. The monoisotopic (exact) mass is 216 g/mol. The van der Waals surface area contributed by atoms with Gasteiger partial charge in [0.1, 0.15) is 0 Å². The highest BCUT2D eigenvalue weighted by Crippen LogP contribution is 2.05. The minimum Gasteiger partial charge on any atom is -0.458 e. The van der Waals surface area contributed by atoms with Gasteiger partial charge in [-0.3, -0.25) is 4.79 Å². The summed E-state index contributed by atoms with van der Waals surface area (Å²) < 4.78 is 13.7. The average molecular weight is 216 g/mol. The van der Waals surface area contributed by atoms with Gasteiger partial charge in [-0.05, 0) is 6.92 Å². The summed E-state index contributed by atoms with van der Waals surface area (Å²) in [5.41, 5.74) is 0. The van der Waals surface area contributed by atoms with Crippen LogP contribution in [0, 0.1) is 6.92 Å². The van der Waals surface area contributed by atoms with Crippen molar-refractivity contribution >= 4 is 5.97 Å². The van der Waals surface area contributed by atoms with Gasteiger partial charge in [0.05, 0.1) is 0 Å². The predicted octanol–water partition coefficient (Wildman–Crippen LogP) is 2.02. The third kappa shape index (κ3) is 5.72. The molecule has 1 aromatic rings. The van der Waals surface area contributed by atoms with E-state index in [9.17, 15) is 9.59 Å². The van der Waals surface area contributed by atoms with Crippen LogP contribution in [0.4, 0.5) is 0 Å². The van der Waals surface area contributed by atoms with Crippen LogP contribution in [-0.2, 0) is 16.1 Å². The second kappa shape index (κ2) is 6.86. The molecule has 86 valence electrons. The van der Waals surface area contributed by atoms with Crippen molar-refractivity contribution in [3.8, 4) is 0 Å². The fraction of sp³-hybridized carbons (Fsp3) is 0.600. The van der Waals surface area contributed by atoms with E-state index in [0.717, 1.165) is 0 Å². The van der Waals surface area contributed by atoms with Gasteiger partial charge in [-0.2, -0.15) is 0 Å². The van der Waals surface area contributed by atoms with Crippen molar-refractivity contribution in [2.75, 3.05) is 0 Å². The topological polar surface area (TPSA) is 69.7 Å². The molecule has 0 bridgehead atoms. The molecule has 1 rings (SSSR count). The molecule has 0 N–H and O–H groups in total. The maximum absolute atomic E-state index is 10.5. The highest BCUT2D eigenvalue weighted by Gasteiger charge is 2.08. The quantitative estimate of drug-likeness (QED) is 0.707. The number of hydrogen-bond donors (Lipinski definition) is 0. The van der Waals surface area contributed by atoms with Crippen molar-refractivity contribution in [1.82, 2.24) is 0 Å². The van der Waals surface area contributed by atoms with Crippen molar-refractivity contribution < 1.29 is 18.4 Å². The second-order valence-electron chi connectivity index (χ2n) is 2.92. The molecule has 0 aromatic carbocycles. The van der Waals surface area contributed by atoms with Crippen LogP contribution in [0.1, 0.15) is 38.7 Å². The molecule has 0 atom stereocenters. The number of ether oxygens (including phenoxy) is 1. The molecule has 1 heterocycles. The van der Waals surface area contributed by atoms with Crippen LogP contribution in [0.5, 0.6) is 0 Å². The second-order valence-corrected chi connectivity index (χ2v) is 2.92. The van der Waals surface area contributed by atoms with E-state index in [1.807, 2.05) is 0 Å². The molecule has 0 amide bonds. The third-order valence-corrected chi connectivity index (χ3v) is 1.24. The molecule has 0 unspecified atom stereocenters. The standard InChI is InChI=1S/C7H8O5.C3H8/c1-4-6(3-10-5(2)8)12-7(9)11-4;1-3-2/h3H2,1-2H3;3H2,1-2H3. The SMILES string of the molecule is CC(=O)OCc1oc(=O)oc1C.CCC. The summed E-state index contributed by atoms with van der Waals surface area (Å²) in [6, 6.07) is 0. The molecular formula is C10H16O5. The Kier molecular flexibility index (Phi) is 6.17. The number of esters is 1. The molecule has 0 spiro atoms. The molecule has 15 heavy (non-hydrogen) atoms. The first-order valence-corrected chi connectivity index (χ1v) is 4.74. The smallest absolute Gasteiger partial charge is 0.458 e. The first kappa shape index (κ1) is 13.5. The molecule has 5 heteroatoms. The van der Waals surface area contributed by atoms with Gasteiger partial charge in [0.15, 0.2) is 18.1 Å². The lowest BCUT2D eigenvalue weighted by Gasteiger charge is -1.96. The van der Waals surface area contributed by atoms with Crippen molar-refractivity contribution in [3.05, 3.63) is 22.1 Å². The lowest BCUT2D eigenvalue weighted by Crippen LogP contribution is -1.99. The summed E-state index contributed by atoms with van der Waals surface area (Å²) >= 11 is 0. The highest BCUT2D eigenvalue weighted by atomic mass is 16.6. The first-order valence-electron chi connectivity index (χ1n) is 4.74. The number of hydrogen-bond acceptors (Lipinski definition) is 5. The number of carbonyl (C=O) groups is 1. The van der Waals surface area contributed by atoms with Crippen LogP contribution >= 0.6 is 0 Å². The average Bonchev–Trinajstić information content (AvgIpc) is 2.43. The highest BCUT2D eigenvalue weighted by molar-refractivity contribution is 5.65. The fourth-order valence-electron chi connectivity index (χ4n) is 0.673. The molecule has 5 nitrogen and oxygen atoms in total. The van der Waals surface area contributed by atoms with Crippen molar-refractivity contribution in [1.29, 1.82) is 0 Å². The minimum atomic E-state index is -0.783. The van der Waals surface area contributed by atoms with E-state index in [0.29, 0.717) is 5.76 Å². The van der Waals surface area contributed by atoms with Crippen molar-refractivity contribution in [2.24, 2.45) is 0 Å².